The summed E-state index contributed by atoms with van der Waals surface area (Å²) in [4.78, 5) is 0. The summed E-state index contributed by atoms with van der Waals surface area (Å²) in [5.41, 5.74) is 5.15. The van der Waals surface area contributed by atoms with Gasteiger partial charge in [0, 0.05) is 0 Å². The van der Waals surface area contributed by atoms with Crippen molar-refractivity contribution in [2.75, 3.05) is 6.61 Å². The van der Waals surface area contributed by atoms with Crippen LogP contribution in [0.1, 0.15) is 28.4 Å². The topological polar surface area (TPSA) is 9.23 Å². The minimum absolute atomic E-state index is 0.141. The highest BCUT2D eigenvalue weighted by atomic mass is 16.5. The predicted molar refractivity (Wildman–Crippen MR) is 57.1 cm³/mol. The molecular formula is C13H14O. The van der Waals surface area contributed by atoms with Crippen molar-refractivity contribution < 1.29 is 4.74 Å². The fourth-order valence-electron chi connectivity index (χ4n) is 1.87. The molecule has 1 aromatic rings. The number of hydrogen-bond donors (Lipinski definition) is 0. The van der Waals surface area contributed by atoms with E-state index in [9.17, 15) is 0 Å². The predicted octanol–water partition coefficient (Wildman–Crippen LogP) is 2.55. The van der Waals surface area contributed by atoms with Gasteiger partial charge in [0.05, 0.1) is 6.61 Å². The fraction of sp³-hybridized carbons (Fsp3) is 0.385. The number of terminal acetylenes is 1. The third-order valence-electron chi connectivity index (χ3n) is 2.85. The van der Waals surface area contributed by atoms with E-state index in [0.717, 1.165) is 13.0 Å². The molecule has 1 nitrogen and oxygen atoms in total. The third-order valence-corrected chi connectivity index (χ3v) is 2.85. The lowest BCUT2D eigenvalue weighted by Crippen LogP contribution is -2.15. The highest BCUT2D eigenvalue weighted by molar-refractivity contribution is 5.41. The van der Waals surface area contributed by atoms with Crippen molar-refractivity contribution in [1.29, 1.82) is 0 Å². The maximum Gasteiger partial charge on any atom is 0.143 e. The lowest BCUT2D eigenvalue weighted by molar-refractivity contribution is 0.0814. The zero-order valence-corrected chi connectivity index (χ0v) is 8.63. The normalized spacial score (nSPS) is 19.9. The van der Waals surface area contributed by atoms with Gasteiger partial charge >= 0.3 is 0 Å². The number of hydrogen-bond acceptors (Lipinski definition) is 1. The molecule has 14 heavy (non-hydrogen) atoms. The Bertz CT molecular complexity index is 398. The number of fused-ring (bicyclic) bond motifs is 1. The average molecular weight is 186 g/mol. The first-order valence-corrected chi connectivity index (χ1v) is 4.90. The molecule has 0 N–H and O–H groups in total. The van der Waals surface area contributed by atoms with Crippen molar-refractivity contribution in [3.8, 4) is 12.3 Å². The number of aryl methyl sites for hydroxylation is 2. The van der Waals surface area contributed by atoms with E-state index in [1.807, 2.05) is 0 Å². The standard InChI is InChI=1S/C13H14O/c1-4-13-12-8-10(3)9(2)7-11(12)5-6-14-13/h1,7-8,13H,5-6H2,2-3H3/t13-/m1/s1. The summed E-state index contributed by atoms with van der Waals surface area (Å²) in [7, 11) is 0. The van der Waals surface area contributed by atoms with Crippen molar-refractivity contribution in [3.63, 3.8) is 0 Å². The molecule has 0 aliphatic carbocycles. The van der Waals surface area contributed by atoms with Crippen LogP contribution in [0.4, 0.5) is 0 Å². The molecule has 1 atom stereocenters. The minimum atomic E-state index is -0.141. The molecular weight excluding hydrogens is 172 g/mol. The van der Waals surface area contributed by atoms with Gasteiger partial charge in [0.25, 0.3) is 0 Å². The first-order valence-electron chi connectivity index (χ1n) is 4.90. The summed E-state index contributed by atoms with van der Waals surface area (Å²) in [6, 6.07) is 4.39. The third kappa shape index (κ3) is 1.42. The first-order chi connectivity index (χ1) is 6.72. The van der Waals surface area contributed by atoms with E-state index in [2.05, 4.69) is 31.9 Å². The van der Waals surface area contributed by atoms with Crippen LogP contribution in [0.3, 0.4) is 0 Å². The molecule has 1 heterocycles. The van der Waals surface area contributed by atoms with Gasteiger partial charge in [0.1, 0.15) is 6.10 Å². The van der Waals surface area contributed by atoms with E-state index in [-0.39, 0.29) is 6.10 Å². The van der Waals surface area contributed by atoms with Crippen LogP contribution in [0.2, 0.25) is 0 Å². The summed E-state index contributed by atoms with van der Waals surface area (Å²) >= 11 is 0. The van der Waals surface area contributed by atoms with Crippen LogP contribution in [-0.4, -0.2) is 6.61 Å². The molecule has 1 aromatic carbocycles. The van der Waals surface area contributed by atoms with Gasteiger partial charge in [-0.15, -0.1) is 6.42 Å². The van der Waals surface area contributed by atoms with Crippen molar-refractivity contribution >= 4 is 0 Å². The maximum absolute atomic E-state index is 5.51. The highest BCUT2D eigenvalue weighted by Gasteiger charge is 2.19. The van der Waals surface area contributed by atoms with Crippen molar-refractivity contribution in [3.05, 3.63) is 34.4 Å². The van der Waals surface area contributed by atoms with Crippen LogP contribution in [0, 0.1) is 26.2 Å². The molecule has 1 heteroatoms. The summed E-state index contributed by atoms with van der Waals surface area (Å²) in [6.07, 6.45) is 6.27. The Balaban J connectivity index is 2.54. The second-order valence-corrected chi connectivity index (χ2v) is 3.80. The van der Waals surface area contributed by atoms with Crippen LogP contribution in [0.5, 0.6) is 0 Å². The Hall–Kier alpha value is -1.26. The van der Waals surface area contributed by atoms with Crippen LogP contribution >= 0.6 is 0 Å². The number of ether oxygens (including phenoxy) is 1. The van der Waals surface area contributed by atoms with Crippen LogP contribution in [0.25, 0.3) is 0 Å². The molecule has 0 spiro atoms. The average Bonchev–Trinajstić information content (AvgIpc) is 2.19. The second-order valence-electron chi connectivity index (χ2n) is 3.80. The lowest BCUT2D eigenvalue weighted by Gasteiger charge is -2.23. The van der Waals surface area contributed by atoms with Gasteiger partial charge in [-0.1, -0.05) is 18.1 Å². The molecule has 72 valence electrons. The molecule has 0 saturated carbocycles. The zero-order chi connectivity index (χ0) is 10.1. The van der Waals surface area contributed by atoms with Crippen LogP contribution in [-0.2, 0) is 11.2 Å². The lowest BCUT2D eigenvalue weighted by atomic mass is 9.93. The van der Waals surface area contributed by atoms with Gasteiger partial charge in [0.2, 0.25) is 0 Å². The fourth-order valence-corrected chi connectivity index (χ4v) is 1.87. The Morgan fingerprint density at radius 2 is 2.07 bits per heavy atom. The SMILES string of the molecule is C#C[C@H]1OCCc2cc(C)c(C)cc21. The largest absolute Gasteiger partial charge is 0.360 e. The summed E-state index contributed by atoms with van der Waals surface area (Å²) < 4.78 is 5.51. The van der Waals surface area contributed by atoms with Gasteiger partial charge in [-0.2, -0.15) is 0 Å². The first kappa shape index (κ1) is 9.30. The molecule has 2 rings (SSSR count). The van der Waals surface area contributed by atoms with Crippen LogP contribution < -0.4 is 0 Å². The molecule has 0 unspecified atom stereocenters. The monoisotopic (exact) mass is 186 g/mol. The number of rotatable bonds is 0. The highest BCUT2D eigenvalue weighted by Crippen LogP contribution is 2.28. The second kappa shape index (κ2) is 3.48. The Morgan fingerprint density at radius 3 is 2.79 bits per heavy atom. The van der Waals surface area contributed by atoms with Gasteiger partial charge in [-0.05, 0) is 42.5 Å². The zero-order valence-electron chi connectivity index (χ0n) is 8.63. The molecule has 0 radical (unpaired) electrons. The molecule has 1 aliphatic rings. The van der Waals surface area contributed by atoms with E-state index in [1.165, 1.54) is 22.3 Å². The molecule has 0 amide bonds. The van der Waals surface area contributed by atoms with E-state index in [1.54, 1.807) is 0 Å². The molecule has 0 saturated heterocycles. The van der Waals surface area contributed by atoms with E-state index < -0.39 is 0 Å². The quantitative estimate of drug-likeness (QED) is 0.566. The van der Waals surface area contributed by atoms with E-state index in [4.69, 9.17) is 11.2 Å². The summed E-state index contributed by atoms with van der Waals surface area (Å²) in [5, 5.41) is 0. The summed E-state index contributed by atoms with van der Waals surface area (Å²) in [6.45, 7) is 4.98. The van der Waals surface area contributed by atoms with Crippen molar-refractivity contribution in [2.24, 2.45) is 0 Å². The minimum Gasteiger partial charge on any atom is -0.360 e. The van der Waals surface area contributed by atoms with Gasteiger partial charge in [-0.3, -0.25) is 0 Å². The molecule has 0 fully saturated rings. The maximum atomic E-state index is 5.51. The molecule has 1 aliphatic heterocycles. The molecule has 0 aromatic heterocycles. The van der Waals surface area contributed by atoms with Crippen LogP contribution in [0.15, 0.2) is 12.1 Å². The van der Waals surface area contributed by atoms with E-state index in [0.29, 0.717) is 0 Å². The van der Waals surface area contributed by atoms with Gasteiger partial charge in [-0.25, -0.2) is 0 Å². The Labute approximate surface area is 85.1 Å². The smallest absolute Gasteiger partial charge is 0.143 e. The van der Waals surface area contributed by atoms with Crippen molar-refractivity contribution in [2.45, 2.75) is 26.4 Å². The Morgan fingerprint density at radius 1 is 1.36 bits per heavy atom. The van der Waals surface area contributed by atoms with Gasteiger partial charge in [0.15, 0.2) is 0 Å². The Kier molecular flexibility index (Phi) is 2.31. The summed E-state index contributed by atoms with van der Waals surface area (Å²) in [5.74, 6) is 2.68. The van der Waals surface area contributed by atoms with Crippen molar-refractivity contribution in [1.82, 2.24) is 0 Å². The van der Waals surface area contributed by atoms with Gasteiger partial charge < -0.3 is 4.74 Å². The molecule has 0 bridgehead atoms. The van der Waals surface area contributed by atoms with E-state index >= 15 is 0 Å². The number of benzene rings is 1.